The monoisotopic (exact) mass is 270 g/mol. The van der Waals surface area contributed by atoms with Gasteiger partial charge in [0, 0.05) is 35.8 Å². The van der Waals surface area contributed by atoms with E-state index in [1.807, 2.05) is 30.6 Å². The molecule has 1 aliphatic rings. The minimum absolute atomic E-state index is 0.445. The largest absolute Gasteiger partial charge is 0.261 e. The van der Waals surface area contributed by atoms with Crippen LogP contribution in [0.15, 0.2) is 42.9 Å². The van der Waals surface area contributed by atoms with Gasteiger partial charge in [-0.1, -0.05) is 17.7 Å². The fourth-order valence-corrected chi connectivity index (χ4v) is 2.84. The van der Waals surface area contributed by atoms with Crippen LogP contribution in [0, 0.1) is 0 Å². The van der Waals surface area contributed by atoms with Crippen LogP contribution in [0.5, 0.6) is 0 Å². The van der Waals surface area contributed by atoms with Gasteiger partial charge in [-0.15, -0.1) is 0 Å². The van der Waals surface area contributed by atoms with E-state index in [-0.39, 0.29) is 0 Å². The van der Waals surface area contributed by atoms with Crippen molar-refractivity contribution in [2.75, 3.05) is 0 Å². The van der Waals surface area contributed by atoms with Crippen LogP contribution in [0.1, 0.15) is 29.5 Å². The summed E-state index contributed by atoms with van der Waals surface area (Å²) in [6.45, 7) is 0. The Labute approximate surface area is 115 Å². The summed E-state index contributed by atoms with van der Waals surface area (Å²) in [4.78, 5) is 8.80. The zero-order chi connectivity index (χ0) is 12.8. The molecule has 1 aliphatic carbocycles. The second-order valence-corrected chi connectivity index (χ2v) is 5.21. The molecule has 3 aromatic heterocycles. The fraction of sp³-hybridized carbons (Fsp3) is 0.214. The lowest BCUT2D eigenvalue weighted by Crippen LogP contribution is -1.97. The van der Waals surface area contributed by atoms with Gasteiger partial charge in [-0.2, -0.15) is 5.10 Å². The molecule has 5 heteroatoms. The molecule has 4 nitrogen and oxygen atoms in total. The van der Waals surface area contributed by atoms with Gasteiger partial charge >= 0.3 is 0 Å². The highest BCUT2D eigenvalue weighted by Gasteiger charge is 2.42. The first-order valence-electron chi connectivity index (χ1n) is 6.23. The summed E-state index contributed by atoms with van der Waals surface area (Å²) in [7, 11) is 0. The van der Waals surface area contributed by atoms with Crippen molar-refractivity contribution >= 4 is 17.2 Å². The number of nitrogens with zero attached hydrogens (tertiary/aromatic N) is 4. The molecule has 4 rings (SSSR count). The van der Waals surface area contributed by atoms with Crippen LogP contribution in [0.25, 0.3) is 5.65 Å². The molecule has 0 N–H and O–H groups in total. The Balaban J connectivity index is 1.75. The first-order valence-corrected chi connectivity index (χ1v) is 6.61. The number of rotatable bonds is 2. The van der Waals surface area contributed by atoms with Gasteiger partial charge in [0.25, 0.3) is 0 Å². The average molecular weight is 271 g/mol. The van der Waals surface area contributed by atoms with Crippen molar-refractivity contribution in [3.63, 3.8) is 0 Å². The highest BCUT2D eigenvalue weighted by atomic mass is 35.5. The highest BCUT2D eigenvalue weighted by Crippen LogP contribution is 2.54. The molecule has 0 aromatic carbocycles. The van der Waals surface area contributed by atoms with Crippen LogP contribution in [0.4, 0.5) is 0 Å². The summed E-state index contributed by atoms with van der Waals surface area (Å²) in [5.41, 5.74) is 3.21. The molecule has 0 bridgehead atoms. The van der Waals surface area contributed by atoms with Gasteiger partial charge in [-0.3, -0.25) is 4.98 Å². The lowest BCUT2D eigenvalue weighted by molar-refractivity contribution is 0.899. The number of aromatic nitrogens is 4. The zero-order valence-electron chi connectivity index (χ0n) is 10.1. The van der Waals surface area contributed by atoms with Crippen molar-refractivity contribution in [3.05, 3.63) is 59.3 Å². The van der Waals surface area contributed by atoms with Crippen LogP contribution in [-0.4, -0.2) is 19.6 Å². The Morgan fingerprint density at radius 3 is 2.95 bits per heavy atom. The third kappa shape index (κ3) is 1.79. The summed E-state index contributed by atoms with van der Waals surface area (Å²) in [5.74, 6) is 0.917. The smallest absolute Gasteiger partial charge is 0.157 e. The minimum atomic E-state index is 0.445. The van der Waals surface area contributed by atoms with Crippen molar-refractivity contribution in [1.29, 1.82) is 0 Å². The second-order valence-electron chi connectivity index (χ2n) is 4.82. The summed E-state index contributed by atoms with van der Waals surface area (Å²) in [6.07, 6.45) is 6.51. The quantitative estimate of drug-likeness (QED) is 0.719. The molecular formula is C14H11ClN4. The first-order chi connectivity index (χ1) is 9.33. The van der Waals surface area contributed by atoms with Gasteiger partial charge in [-0.05, 0) is 30.5 Å². The Morgan fingerprint density at radius 2 is 2.11 bits per heavy atom. The third-order valence-corrected chi connectivity index (χ3v) is 3.80. The van der Waals surface area contributed by atoms with E-state index in [1.165, 1.54) is 5.56 Å². The first kappa shape index (κ1) is 10.9. The maximum atomic E-state index is 6.07. The van der Waals surface area contributed by atoms with Gasteiger partial charge in [0.15, 0.2) is 5.65 Å². The lowest BCUT2D eigenvalue weighted by Gasteiger charge is -2.03. The molecule has 0 amide bonds. The molecule has 19 heavy (non-hydrogen) atoms. The van der Waals surface area contributed by atoms with E-state index in [0.29, 0.717) is 17.0 Å². The van der Waals surface area contributed by atoms with Crippen LogP contribution in [0.3, 0.4) is 0 Å². The van der Waals surface area contributed by atoms with Crippen molar-refractivity contribution in [3.8, 4) is 0 Å². The van der Waals surface area contributed by atoms with Crippen LogP contribution >= 0.6 is 11.6 Å². The number of halogens is 1. The number of hydrogen-bond acceptors (Lipinski definition) is 3. The molecule has 3 aromatic rings. The van der Waals surface area contributed by atoms with E-state index in [1.54, 1.807) is 10.7 Å². The van der Waals surface area contributed by atoms with Crippen molar-refractivity contribution in [2.45, 2.75) is 18.3 Å². The lowest BCUT2D eigenvalue weighted by atomic mass is 10.1. The fourth-order valence-electron chi connectivity index (χ4n) is 2.64. The van der Waals surface area contributed by atoms with Crippen LogP contribution < -0.4 is 0 Å². The van der Waals surface area contributed by atoms with Gasteiger partial charge in [0.05, 0.1) is 0 Å². The average Bonchev–Trinajstić information content (AvgIpc) is 3.10. The van der Waals surface area contributed by atoms with Gasteiger partial charge in [0.2, 0.25) is 0 Å². The number of fused-ring (bicyclic) bond motifs is 1. The minimum Gasteiger partial charge on any atom is -0.261 e. The van der Waals surface area contributed by atoms with Crippen molar-refractivity contribution < 1.29 is 0 Å². The summed E-state index contributed by atoms with van der Waals surface area (Å²) in [6, 6.07) is 7.98. The predicted molar refractivity (Wildman–Crippen MR) is 72.3 cm³/mol. The molecule has 94 valence electrons. The highest BCUT2D eigenvalue weighted by molar-refractivity contribution is 6.29. The summed E-state index contributed by atoms with van der Waals surface area (Å²) < 4.78 is 1.74. The zero-order valence-corrected chi connectivity index (χ0v) is 10.8. The molecule has 1 saturated carbocycles. The number of pyridine rings is 1. The second kappa shape index (κ2) is 4.03. The standard InChI is InChI=1S/C14H11ClN4/c15-13-8-11(14-17-5-6-19(14)18-13)9-7-10(9)12-3-1-2-4-16-12/h1-6,8-10H,7H2/t9-,10-/m0/s1. The van der Waals surface area contributed by atoms with E-state index < -0.39 is 0 Å². The molecule has 0 unspecified atom stereocenters. The van der Waals surface area contributed by atoms with Gasteiger partial charge in [0.1, 0.15) is 5.15 Å². The Kier molecular flexibility index (Phi) is 2.32. The van der Waals surface area contributed by atoms with Crippen molar-refractivity contribution in [1.82, 2.24) is 19.6 Å². The Bertz CT molecular complexity index is 738. The maximum Gasteiger partial charge on any atom is 0.157 e. The molecule has 0 aliphatic heterocycles. The Morgan fingerprint density at radius 1 is 1.16 bits per heavy atom. The molecule has 2 atom stereocenters. The molecular weight excluding hydrogens is 260 g/mol. The van der Waals surface area contributed by atoms with E-state index in [0.717, 1.165) is 17.8 Å². The van der Waals surface area contributed by atoms with Crippen LogP contribution in [-0.2, 0) is 0 Å². The topological polar surface area (TPSA) is 43.1 Å². The Hall–Kier alpha value is -1.94. The maximum absolute atomic E-state index is 6.07. The SMILES string of the molecule is Clc1cc([C@H]2C[C@@H]2c2ccccn2)c2nccn2n1. The van der Waals surface area contributed by atoms with Gasteiger partial charge < -0.3 is 0 Å². The number of imidazole rings is 1. The number of hydrogen-bond donors (Lipinski definition) is 0. The molecule has 0 spiro atoms. The van der Waals surface area contributed by atoms with Crippen LogP contribution in [0.2, 0.25) is 5.15 Å². The van der Waals surface area contributed by atoms with E-state index in [2.05, 4.69) is 21.1 Å². The molecule has 0 saturated heterocycles. The molecule has 0 radical (unpaired) electrons. The summed E-state index contributed by atoms with van der Waals surface area (Å²) >= 11 is 6.07. The third-order valence-electron chi connectivity index (χ3n) is 3.62. The summed E-state index contributed by atoms with van der Waals surface area (Å²) in [5, 5.41) is 4.71. The molecule has 1 fully saturated rings. The van der Waals surface area contributed by atoms with E-state index >= 15 is 0 Å². The van der Waals surface area contributed by atoms with Crippen molar-refractivity contribution in [2.24, 2.45) is 0 Å². The van der Waals surface area contributed by atoms with Gasteiger partial charge in [-0.25, -0.2) is 9.50 Å². The normalized spacial score (nSPS) is 21.7. The van der Waals surface area contributed by atoms with E-state index in [4.69, 9.17) is 11.6 Å². The predicted octanol–water partition coefficient (Wildman–Crippen LogP) is 3.05. The van der Waals surface area contributed by atoms with E-state index in [9.17, 15) is 0 Å². The molecule has 3 heterocycles.